The highest BCUT2D eigenvalue weighted by Crippen LogP contribution is 2.27. The average Bonchev–Trinajstić information content (AvgIpc) is 2.61. The third kappa shape index (κ3) is 3.93. The molecule has 0 bridgehead atoms. The van der Waals surface area contributed by atoms with Crippen molar-refractivity contribution in [1.29, 1.82) is 0 Å². The third-order valence-electron chi connectivity index (χ3n) is 4.52. The monoisotopic (exact) mass is 394 g/mol. The normalized spacial score (nSPS) is 12.5. The summed E-state index contributed by atoms with van der Waals surface area (Å²) in [7, 11) is 0. The second kappa shape index (κ2) is 7.78. The molecule has 0 spiro atoms. The lowest BCUT2D eigenvalue weighted by Gasteiger charge is -2.14. The second-order valence-electron chi connectivity index (χ2n) is 6.29. The van der Waals surface area contributed by atoms with Crippen molar-refractivity contribution in [1.82, 2.24) is 0 Å². The zero-order valence-electron chi connectivity index (χ0n) is 14.5. The van der Waals surface area contributed by atoms with Crippen LogP contribution in [0.5, 0.6) is 0 Å². The highest BCUT2D eigenvalue weighted by molar-refractivity contribution is 6.35. The van der Waals surface area contributed by atoms with Crippen LogP contribution in [0.15, 0.2) is 45.6 Å². The first kappa shape index (κ1) is 18.9. The van der Waals surface area contributed by atoms with E-state index < -0.39 is 5.82 Å². The quantitative estimate of drug-likeness (QED) is 0.506. The molecule has 0 saturated carbocycles. The van der Waals surface area contributed by atoms with Crippen molar-refractivity contribution in [3.63, 3.8) is 0 Å². The zero-order chi connectivity index (χ0) is 18.8. The maximum atomic E-state index is 13.8. The largest absolute Gasteiger partial charge is 0.423 e. The lowest BCUT2D eigenvalue weighted by molar-refractivity contribution is -0.707. The van der Waals surface area contributed by atoms with E-state index in [9.17, 15) is 9.18 Å². The summed E-state index contributed by atoms with van der Waals surface area (Å²) in [4.78, 5) is 11.9. The predicted molar refractivity (Wildman–Crippen MR) is 102 cm³/mol. The maximum absolute atomic E-state index is 13.8. The Kier molecular flexibility index (Phi) is 5.66. The molecule has 1 heterocycles. The Morgan fingerprint density at radius 1 is 1.15 bits per heavy atom. The molecule has 2 aromatic carbocycles. The minimum absolute atomic E-state index is 0.00402. The highest BCUT2D eigenvalue weighted by atomic mass is 35.5. The number of hydrogen-bond donors (Lipinski definition) is 1. The minimum atomic E-state index is -0.496. The molecule has 0 aliphatic rings. The highest BCUT2D eigenvalue weighted by Gasteiger charge is 2.17. The van der Waals surface area contributed by atoms with Gasteiger partial charge >= 0.3 is 5.63 Å². The van der Waals surface area contributed by atoms with E-state index in [4.69, 9.17) is 27.6 Å². The van der Waals surface area contributed by atoms with Gasteiger partial charge in [0.1, 0.15) is 24.0 Å². The standard InChI is InChI=1S/C20H18Cl2FNO2/c1-3-12-4-5-14-13(7-20(25)26-19(14)6-12)10-24-11(2)15-8-18(23)17(22)9-16(15)21/h4-9,11,24H,3,10H2,1-2H3/p+1/t11-/m1/s1. The number of benzene rings is 2. The van der Waals surface area contributed by atoms with Crippen molar-refractivity contribution >= 4 is 34.2 Å². The minimum Gasteiger partial charge on any atom is -0.423 e. The fraction of sp³-hybridized carbons (Fsp3) is 0.250. The molecule has 1 atom stereocenters. The third-order valence-corrected chi connectivity index (χ3v) is 5.14. The van der Waals surface area contributed by atoms with Crippen LogP contribution in [0, 0.1) is 5.82 Å². The molecule has 6 heteroatoms. The van der Waals surface area contributed by atoms with E-state index in [-0.39, 0.29) is 16.7 Å². The number of aryl methyl sites for hydroxylation is 1. The molecule has 3 rings (SSSR count). The number of quaternary nitrogens is 1. The van der Waals surface area contributed by atoms with Crippen molar-refractivity contribution in [2.75, 3.05) is 0 Å². The van der Waals surface area contributed by atoms with Crippen molar-refractivity contribution in [2.24, 2.45) is 0 Å². The van der Waals surface area contributed by atoms with Crippen LogP contribution in [0.25, 0.3) is 11.0 Å². The molecular weight excluding hydrogens is 376 g/mol. The Balaban J connectivity index is 1.88. The Morgan fingerprint density at radius 2 is 1.92 bits per heavy atom. The number of hydrogen-bond acceptors (Lipinski definition) is 2. The van der Waals surface area contributed by atoms with Crippen molar-refractivity contribution < 1.29 is 14.1 Å². The van der Waals surface area contributed by atoms with Gasteiger partial charge in [0.25, 0.3) is 0 Å². The first-order chi connectivity index (χ1) is 12.4. The smallest absolute Gasteiger partial charge is 0.336 e. The fourth-order valence-corrected chi connectivity index (χ4v) is 3.54. The van der Waals surface area contributed by atoms with Crippen LogP contribution >= 0.6 is 23.2 Å². The van der Waals surface area contributed by atoms with Gasteiger partial charge in [0, 0.05) is 22.6 Å². The summed E-state index contributed by atoms with van der Waals surface area (Å²) in [6.07, 6.45) is 0.869. The van der Waals surface area contributed by atoms with Crippen LogP contribution in [0.4, 0.5) is 4.39 Å². The summed E-state index contributed by atoms with van der Waals surface area (Å²) < 4.78 is 19.1. The molecule has 0 radical (unpaired) electrons. The maximum Gasteiger partial charge on any atom is 0.336 e. The van der Waals surface area contributed by atoms with Gasteiger partial charge in [-0.3, -0.25) is 0 Å². The van der Waals surface area contributed by atoms with Gasteiger partial charge in [-0.1, -0.05) is 42.3 Å². The van der Waals surface area contributed by atoms with Crippen LogP contribution in [-0.4, -0.2) is 0 Å². The summed E-state index contributed by atoms with van der Waals surface area (Å²) in [6.45, 7) is 4.51. The van der Waals surface area contributed by atoms with Gasteiger partial charge in [-0.15, -0.1) is 0 Å². The molecule has 0 saturated heterocycles. The van der Waals surface area contributed by atoms with Crippen LogP contribution in [0.2, 0.25) is 10.0 Å². The van der Waals surface area contributed by atoms with Crippen LogP contribution in [0.1, 0.15) is 36.6 Å². The molecule has 2 N–H and O–H groups in total. The SMILES string of the molecule is CCc1ccc2c(C[NH2+][C@H](C)c3cc(F)c(Cl)cc3Cl)cc(=O)oc2c1. The van der Waals surface area contributed by atoms with E-state index in [0.29, 0.717) is 22.7 Å². The molecule has 3 nitrogen and oxygen atoms in total. The Bertz CT molecular complexity index is 1020. The first-order valence-electron chi connectivity index (χ1n) is 8.42. The van der Waals surface area contributed by atoms with Gasteiger partial charge in [-0.05, 0) is 37.1 Å². The lowest BCUT2D eigenvalue weighted by atomic mass is 10.0. The van der Waals surface area contributed by atoms with Gasteiger partial charge in [0.05, 0.1) is 10.0 Å². The van der Waals surface area contributed by atoms with Crippen LogP contribution in [0.3, 0.4) is 0 Å². The van der Waals surface area contributed by atoms with Crippen molar-refractivity contribution in [3.8, 4) is 0 Å². The summed E-state index contributed by atoms with van der Waals surface area (Å²) in [5, 5.41) is 3.32. The first-order valence-corrected chi connectivity index (χ1v) is 9.18. The number of nitrogens with two attached hydrogens (primary N) is 1. The molecule has 0 aliphatic heterocycles. The van der Waals surface area contributed by atoms with E-state index in [1.807, 2.05) is 37.4 Å². The van der Waals surface area contributed by atoms with Gasteiger partial charge in [-0.25, -0.2) is 9.18 Å². The van der Waals surface area contributed by atoms with Crippen molar-refractivity contribution in [3.05, 3.63) is 79.4 Å². The number of halogens is 3. The summed E-state index contributed by atoms with van der Waals surface area (Å²) in [5.74, 6) is -0.496. The van der Waals surface area contributed by atoms with E-state index in [0.717, 1.165) is 22.9 Å². The molecule has 0 fully saturated rings. The van der Waals surface area contributed by atoms with E-state index in [2.05, 4.69) is 0 Å². The molecular formula is C20H19Cl2FNO2+. The van der Waals surface area contributed by atoms with Crippen LogP contribution < -0.4 is 10.9 Å². The van der Waals surface area contributed by atoms with Crippen LogP contribution in [-0.2, 0) is 13.0 Å². The Morgan fingerprint density at radius 3 is 2.65 bits per heavy atom. The molecule has 1 aromatic heterocycles. The molecule has 136 valence electrons. The van der Waals surface area contributed by atoms with E-state index in [1.165, 1.54) is 18.2 Å². The number of fused-ring (bicyclic) bond motifs is 1. The molecule has 3 aromatic rings. The molecule has 0 aliphatic carbocycles. The van der Waals surface area contributed by atoms with Gasteiger partial charge in [-0.2, -0.15) is 0 Å². The topological polar surface area (TPSA) is 46.8 Å². The predicted octanol–water partition coefficient (Wildman–Crippen LogP) is 4.63. The van der Waals surface area contributed by atoms with Crippen molar-refractivity contribution in [2.45, 2.75) is 32.9 Å². The van der Waals surface area contributed by atoms with E-state index >= 15 is 0 Å². The molecule has 0 amide bonds. The number of rotatable bonds is 5. The van der Waals surface area contributed by atoms with Gasteiger partial charge in [0.2, 0.25) is 0 Å². The summed E-state index contributed by atoms with van der Waals surface area (Å²) in [6, 6.07) is 10.1. The average molecular weight is 395 g/mol. The van der Waals surface area contributed by atoms with E-state index in [1.54, 1.807) is 0 Å². The zero-order valence-corrected chi connectivity index (χ0v) is 16.0. The van der Waals surface area contributed by atoms with Gasteiger partial charge in [0.15, 0.2) is 0 Å². The summed E-state index contributed by atoms with van der Waals surface area (Å²) in [5.41, 5.74) is 2.85. The Hall–Kier alpha value is -1.88. The second-order valence-corrected chi connectivity index (χ2v) is 7.11. The fourth-order valence-electron chi connectivity index (χ4n) is 2.98. The molecule has 0 unspecified atom stereocenters. The molecule has 26 heavy (non-hydrogen) atoms. The summed E-state index contributed by atoms with van der Waals surface area (Å²) >= 11 is 12.0. The lowest BCUT2D eigenvalue weighted by Crippen LogP contribution is -2.83. The van der Waals surface area contributed by atoms with Gasteiger partial charge < -0.3 is 9.73 Å². The Labute approximate surface area is 160 Å².